The smallest absolute Gasteiger partial charge is 0.0270 e. The lowest BCUT2D eigenvalue weighted by atomic mass is 9.84. The van der Waals surface area contributed by atoms with Crippen LogP contribution >= 0.6 is 0 Å². The van der Waals surface area contributed by atoms with Crippen molar-refractivity contribution >= 4 is 0 Å². The van der Waals surface area contributed by atoms with Gasteiger partial charge in [-0.05, 0) is 49.9 Å². The predicted molar refractivity (Wildman–Crippen MR) is 80.0 cm³/mol. The molecule has 1 aromatic heterocycles. The van der Waals surface area contributed by atoms with Crippen molar-refractivity contribution in [2.45, 2.75) is 44.6 Å². The normalized spacial score (nSPS) is 18.7. The number of aromatic nitrogens is 1. The fourth-order valence-corrected chi connectivity index (χ4v) is 3.03. The number of rotatable bonds is 6. The maximum atomic E-state index is 6.37. The predicted octanol–water partition coefficient (Wildman–Crippen LogP) is 2.46. The lowest BCUT2D eigenvalue weighted by Crippen LogP contribution is -2.42. The Balaban J connectivity index is 1.70. The molecule has 1 saturated carbocycles. The summed E-state index contributed by atoms with van der Waals surface area (Å²) in [4.78, 5) is 6.42. The maximum Gasteiger partial charge on any atom is 0.0270 e. The summed E-state index contributed by atoms with van der Waals surface area (Å²) in [7, 11) is 2.18. The molecule has 2 N–H and O–H groups in total. The van der Waals surface area contributed by atoms with Crippen molar-refractivity contribution in [3.05, 3.63) is 30.1 Å². The van der Waals surface area contributed by atoms with Crippen molar-refractivity contribution in [1.29, 1.82) is 0 Å². The third-order valence-corrected chi connectivity index (χ3v) is 4.31. The van der Waals surface area contributed by atoms with E-state index in [9.17, 15) is 0 Å². The SMILES string of the molecule is CN(CCc1ccncc1)CC(N)C1CCCCC1. The fourth-order valence-electron chi connectivity index (χ4n) is 3.03. The number of pyridine rings is 1. The molecule has 0 saturated heterocycles. The van der Waals surface area contributed by atoms with Crippen LogP contribution in [0.15, 0.2) is 24.5 Å². The van der Waals surface area contributed by atoms with E-state index >= 15 is 0 Å². The molecule has 3 nitrogen and oxygen atoms in total. The van der Waals surface area contributed by atoms with E-state index in [1.54, 1.807) is 0 Å². The van der Waals surface area contributed by atoms with Crippen LogP contribution in [0.3, 0.4) is 0 Å². The largest absolute Gasteiger partial charge is 0.326 e. The van der Waals surface area contributed by atoms with Crippen molar-refractivity contribution in [3.63, 3.8) is 0 Å². The van der Waals surface area contributed by atoms with Crippen molar-refractivity contribution in [3.8, 4) is 0 Å². The summed E-state index contributed by atoms with van der Waals surface area (Å²) in [5.41, 5.74) is 7.72. The fraction of sp³-hybridized carbons (Fsp3) is 0.688. The third kappa shape index (κ3) is 4.92. The monoisotopic (exact) mass is 261 g/mol. The van der Waals surface area contributed by atoms with Crippen LogP contribution in [0, 0.1) is 5.92 Å². The molecule has 1 unspecified atom stereocenters. The molecule has 0 radical (unpaired) electrons. The topological polar surface area (TPSA) is 42.2 Å². The van der Waals surface area contributed by atoms with Crippen LogP contribution < -0.4 is 5.73 Å². The first-order valence-corrected chi connectivity index (χ1v) is 7.59. The highest BCUT2D eigenvalue weighted by Gasteiger charge is 2.21. The van der Waals surface area contributed by atoms with Crippen molar-refractivity contribution < 1.29 is 0 Å². The first kappa shape index (κ1) is 14.5. The Morgan fingerprint density at radius 2 is 1.95 bits per heavy atom. The van der Waals surface area contributed by atoms with E-state index in [0.29, 0.717) is 6.04 Å². The number of nitrogens with zero attached hydrogens (tertiary/aromatic N) is 2. The molecule has 3 heteroatoms. The van der Waals surface area contributed by atoms with Gasteiger partial charge in [0.25, 0.3) is 0 Å². The van der Waals surface area contributed by atoms with E-state index in [-0.39, 0.29) is 0 Å². The molecule has 0 amide bonds. The summed E-state index contributed by atoms with van der Waals surface area (Å²) >= 11 is 0. The quantitative estimate of drug-likeness (QED) is 0.855. The molecular formula is C16H27N3. The zero-order chi connectivity index (χ0) is 13.5. The standard InChI is InChI=1S/C16H27N3/c1-19(12-9-14-7-10-18-11-8-14)13-16(17)15-5-3-2-4-6-15/h7-8,10-11,15-16H,2-6,9,12-13,17H2,1H3. The summed E-state index contributed by atoms with van der Waals surface area (Å²) in [6, 6.07) is 4.53. The lowest BCUT2D eigenvalue weighted by molar-refractivity contribution is 0.234. The van der Waals surface area contributed by atoms with E-state index in [2.05, 4.69) is 29.1 Å². The minimum Gasteiger partial charge on any atom is -0.326 e. The van der Waals surface area contributed by atoms with Gasteiger partial charge in [-0.15, -0.1) is 0 Å². The molecule has 106 valence electrons. The van der Waals surface area contributed by atoms with Gasteiger partial charge < -0.3 is 10.6 Å². The Hall–Kier alpha value is -0.930. The highest BCUT2D eigenvalue weighted by Crippen LogP contribution is 2.25. The van der Waals surface area contributed by atoms with Gasteiger partial charge in [0.15, 0.2) is 0 Å². The average Bonchev–Trinajstić information content (AvgIpc) is 2.47. The van der Waals surface area contributed by atoms with Crippen LogP contribution in [0.2, 0.25) is 0 Å². The van der Waals surface area contributed by atoms with Gasteiger partial charge in [-0.1, -0.05) is 19.3 Å². The van der Waals surface area contributed by atoms with E-state index in [0.717, 1.165) is 25.4 Å². The van der Waals surface area contributed by atoms with E-state index in [4.69, 9.17) is 5.73 Å². The van der Waals surface area contributed by atoms with Crippen LogP contribution in [0.4, 0.5) is 0 Å². The minimum atomic E-state index is 0.350. The maximum absolute atomic E-state index is 6.37. The molecule has 1 fully saturated rings. The average molecular weight is 261 g/mol. The molecule has 0 aliphatic heterocycles. The summed E-state index contributed by atoms with van der Waals surface area (Å²) in [5.74, 6) is 0.747. The van der Waals surface area contributed by atoms with E-state index in [1.165, 1.54) is 37.7 Å². The molecule has 0 bridgehead atoms. The van der Waals surface area contributed by atoms with Crippen LogP contribution in [0.25, 0.3) is 0 Å². The van der Waals surface area contributed by atoms with Crippen LogP contribution in [-0.2, 0) is 6.42 Å². The van der Waals surface area contributed by atoms with E-state index < -0.39 is 0 Å². The highest BCUT2D eigenvalue weighted by molar-refractivity contribution is 5.09. The van der Waals surface area contributed by atoms with Gasteiger partial charge in [0.1, 0.15) is 0 Å². The number of nitrogens with two attached hydrogens (primary N) is 1. The van der Waals surface area contributed by atoms with Gasteiger partial charge in [-0.2, -0.15) is 0 Å². The molecule has 0 spiro atoms. The molecule has 1 heterocycles. The molecule has 1 aliphatic rings. The second-order valence-corrected chi connectivity index (χ2v) is 5.93. The molecule has 0 aromatic carbocycles. The van der Waals surface area contributed by atoms with Crippen molar-refractivity contribution in [2.24, 2.45) is 11.7 Å². The molecule has 2 rings (SSSR count). The zero-order valence-electron chi connectivity index (χ0n) is 12.1. The highest BCUT2D eigenvalue weighted by atomic mass is 15.1. The Kier molecular flexibility index (Phi) is 5.80. The Bertz CT molecular complexity index is 346. The third-order valence-electron chi connectivity index (χ3n) is 4.31. The summed E-state index contributed by atoms with van der Waals surface area (Å²) in [5, 5.41) is 0. The molecule has 1 aromatic rings. The van der Waals surface area contributed by atoms with Gasteiger partial charge >= 0.3 is 0 Å². The number of hydrogen-bond donors (Lipinski definition) is 1. The molecule has 1 aliphatic carbocycles. The number of hydrogen-bond acceptors (Lipinski definition) is 3. The number of likely N-dealkylation sites (N-methyl/N-ethyl adjacent to an activating group) is 1. The van der Waals surface area contributed by atoms with Gasteiger partial charge in [0.05, 0.1) is 0 Å². The van der Waals surface area contributed by atoms with Gasteiger partial charge in [0.2, 0.25) is 0 Å². The van der Waals surface area contributed by atoms with Crippen LogP contribution in [-0.4, -0.2) is 36.1 Å². The summed E-state index contributed by atoms with van der Waals surface area (Å²) in [6.07, 6.45) is 11.6. The first-order valence-electron chi connectivity index (χ1n) is 7.59. The van der Waals surface area contributed by atoms with Crippen LogP contribution in [0.1, 0.15) is 37.7 Å². The zero-order valence-corrected chi connectivity index (χ0v) is 12.1. The molecular weight excluding hydrogens is 234 g/mol. The Morgan fingerprint density at radius 3 is 2.63 bits per heavy atom. The molecule has 19 heavy (non-hydrogen) atoms. The van der Waals surface area contributed by atoms with Gasteiger partial charge in [-0.3, -0.25) is 4.98 Å². The Labute approximate surface area is 117 Å². The second-order valence-electron chi connectivity index (χ2n) is 5.93. The van der Waals surface area contributed by atoms with E-state index in [1.807, 2.05) is 12.4 Å². The van der Waals surface area contributed by atoms with Crippen molar-refractivity contribution in [2.75, 3.05) is 20.1 Å². The summed E-state index contributed by atoms with van der Waals surface area (Å²) < 4.78 is 0. The van der Waals surface area contributed by atoms with Crippen LogP contribution in [0.5, 0.6) is 0 Å². The van der Waals surface area contributed by atoms with Gasteiger partial charge in [-0.25, -0.2) is 0 Å². The minimum absolute atomic E-state index is 0.350. The second kappa shape index (κ2) is 7.61. The van der Waals surface area contributed by atoms with Crippen molar-refractivity contribution in [1.82, 2.24) is 9.88 Å². The first-order chi connectivity index (χ1) is 9.25. The Morgan fingerprint density at radius 1 is 1.26 bits per heavy atom. The molecule has 1 atom stereocenters. The summed E-state index contributed by atoms with van der Waals surface area (Å²) in [6.45, 7) is 2.10. The van der Waals surface area contributed by atoms with Gasteiger partial charge in [0, 0.05) is 31.5 Å². The lowest BCUT2D eigenvalue weighted by Gasteiger charge is -2.30.